The van der Waals surface area contributed by atoms with Crippen molar-refractivity contribution in [3.63, 3.8) is 0 Å². The molecule has 0 unspecified atom stereocenters. The molecular weight excluding hydrogens is 362 g/mol. The van der Waals surface area contributed by atoms with Gasteiger partial charge >= 0.3 is 0 Å². The Hall–Kier alpha value is -3.52. The largest absolute Gasteiger partial charge is 0.207 e. The highest BCUT2D eigenvalue weighted by molar-refractivity contribution is 5.87. The zero-order chi connectivity index (χ0) is 19.8. The van der Waals surface area contributed by atoms with Crippen molar-refractivity contribution in [2.24, 2.45) is 0 Å². The van der Waals surface area contributed by atoms with E-state index in [0.717, 1.165) is 22.3 Å². The number of rotatable bonds is 3. The number of allylic oxidation sites excluding steroid dienone is 1. The van der Waals surface area contributed by atoms with E-state index in [1.165, 1.54) is 0 Å². The molecule has 0 N–H and O–H groups in total. The Kier molecular flexibility index (Phi) is 4.13. The minimum absolute atomic E-state index is 0.238. The maximum atomic E-state index is 16.4. The second-order valence-electron chi connectivity index (χ2n) is 7.20. The fourth-order valence-electron chi connectivity index (χ4n) is 4.47. The molecule has 0 atom stereocenters. The van der Waals surface area contributed by atoms with E-state index in [9.17, 15) is 0 Å². The standard InChI is InChI=1S/C27H18F2/c28-25(19-11-3-1-4-12-19)26(29)27(20-13-5-2-6-14-20)23-17-9-7-15-21(23)22-16-8-10-18-24(22)27/h1-18H/b26-25+. The van der Waals surface area contributed by atoms with Gasteiger partial charge in [-0.25, -0.2) is 8.78 Å². The van der Waals surface area contributed by atoms with Crippen molar-refractivity contribution in [3.05, 3.63) is 137 Å². The van der Waals surface area contributed by atoms with Crippen molar-refractivity contribution in [1.29, 1.82) is 0 Å². The molecule has 140 valence electrons. The predicted octanol–water partition coefficient (Wildman–Crippen LogP) is 7.31. The first-order valence-electron chi connectivity index (χ1n) is 9.60. The monoisotopic (exact) mass is 380 g/mol. The first-order valence-corrected chi connectivity index (χ1v) is 9.60. The van der Waals surface area contributed by atoms with E-state index in [1.807, 2.05) is 78.9 Å². The van der Waals surface area contributed by atoms with Crippen LogP contribution in [0.2, 0.25) is 0 Å². The van der Waals surface area contributed by atoms with Gasteiger partial charge in [0.1, 0.15) is 5.41 Å². The van der Waals surface area contributed by atoms with Crippen molar-refractivity contribution in [2.45, 2.75) is 5.41 Å². The van der Waals surface area contributed by atoms with E-state index >= 15 is 8.78 Å². The lowest BCUT2D eigenvalue weighted by atomic mass is 9.71. The van der Waals surface area contributed by atoms with Crippen LogP contribution in [0, 0.1) is 0 Å². The molecule has 0 heterocycles. The third-order valence-electron chi connectivity index (χ3n) is 5.71. The molecule has 0 nitrogen and oxygen atoms in total. The number of hydrogen-bond donors (Lipinski definition) is 0. The van der Waals surface area contributed by atoms with Crippen LogP contribution in [0.5, 0.6) is 0 Å². The molecule has 0 bridgehead atoms. The van der Waals surface area contributed by atoms with E-state index in [1.54, 1.807) is 30.3 Å². The Labute approximate surface area is 168 Å². The van der Waals surface area contributed by atoms with Crippen molar-refractivity contribution in [2.75, 3.05) is 0 Å². The zero-order valence-electron chi connectivity index (χ0n) is 15.6. The number of hydrogen-bond acceptors (Lipinski definition) is 0. The number of benzene rings is 4. The highest BCUT2D eigenvalue weighted by atomic mass is 19.2. The Morgan fingerprint density at radius 1 is 0.517 bits per heavy atom. The van der Waals surface area contributed by atoms with Crippen molar-refractivity contribution in [1.82, 2.24) is 0 Å². The molecule has 0 spiro atoms. The summed E-state index contributed by atoms with van der Waals surface area (Å²) in [5.74, 6) is -1.62. The van der Waals surface area contributed by atoms with Gasteiger partial charge in [-0.05, 0) is 27.8 Å². The van der Waals surface area contributed by atoms with Crippen molar-refractivity contribution in [3.8, 4) is 11.1 Å². The second-order valence-corrected chi connectivity index (χ2v) is 7.20. The molecule has 29 heavy (non-hydrogen) atoms. The molecule has 2 heteroatoms. The van der Waals surface area contributed by atoms with Gasteiger partial charge in [0.25, 0.3) is 0 Å². The Bertz CT molecular complexity index is 1160. The van der Waals surface area contributed by atoms with Gasteiger partial charge in [0.05, 0.1) is 0 Å². The molecule has 4 aromatic carbocycles. The third kappa shape index (κ3) is 2.49. The molecule has 0 radical (unpaired) electrons. The lowest BCUT2D eigenvalue weighted by molar-refractivity contribution is 0.497. The van der Waals surface area contributed by atoms with Crippen LogP contribution < -0.4 is 0 Å². The smallest absolute Gasteiger partial charge is 0.163 e. The summed E-state index contributed by atoms with van der Waals surface area (Å²) < 4.78 is 32.0. The first-order chi connectivity index (χ1) is 14.2. The summed E-state index contributed by atoms with van der Waals surface area (Å²) in [7, 11) is 0. The van der Waals surface area contributed by atoms with Crippen LogP contribution in [-0.4, -0.2) is 0 Å². The maximum absolute atomic E-state index is 16.4. The van der Waals surface area contributed by atoms with Crippen LogP contribution in [-0.2, 0) is 5.41 Å². The van der Waals surface area contributed by atoms with Crippen LogP contribution in [0.25, 0.3) is 17.0 Å². The molecule has 0 saturated heterocycles. The number of fused-ring (bicyclic) bond motifs is 3. The Balaban J connectivity index is 1.93. The fourth-order valence-corrected chi connectivity index (χ4v) is 4.47. The molecule has 0 fully saturated rings. The van der Waals surface area contributed by atoms with Crippen LogP contribution in [0.3, 0.4) is 0 Å². The van der Waals surface area contributed by atoms with E-state index in [0.29, 0.717) is 5.56 Å². The fraction of sp³-hybridized carbons (Fsp3) is 0.0370. The summed E-state index contributed by atoms with van der Waals surface area (Å²) in [4.78, 5) is 0. The average molecular weight is 380 g/mol. The summed E-state index contributed by atoms with van der Waals surface area (Å²) in [5, 5.41) is 0. The quantitative estimate of drug-likeness (QED) is 0.349. The summed E-state index contributed by atoms with van der Waals surface area (Å²) in [6, 6.07) is 33.2. The van der Waals surface area contributed by atoms with Crippen LogP contribution >= 0.6 is 0 Å². The zero-order valence-corrected chi connectivity index (χ0v) is 15.6. The Morgan fingerprint density at radius 3 is 1.52 bits per heavy atom. The second kappa shape index (κ2) is 6.82. The lowest BCUT2D eigenvalue weighted by Crippen LogP contribution is -2.28. The van der Waals surface area contributed by atoms with Gasteiger partial charge in [0.15, 0.2) is 11.7 Å². The molecule has 1 aliphatic rings. The summed E-state index contributed by atoms with van der Waals surface area (Å²) in [6.45, 7) is 0. The topological polar surface area (TPSA) is 0 Å². The predicted molar refractivity (Wildman–Crippen MR) is 114 cm³/mol. The van der Waals surface area contributed by atoms with Gasteiger partial charge in [0, 0.05) is 5.56 Å². The highest BCUT2D eigenvalue weighted by Crippen LogP contribution is 2.57. The van der Waals surface area contributed by atoms with Gasteiger partial charge in [-0.3, -0.25) is 0 Å². The Morgan fingerprint density at radius 2 is 0.966 bits per heavy atom. The van der Waals surface area contributed by atoms with Gasteiger partial charge in [0.2, 0.25) is 0 Å². The van der Waals surface area contributed by atoms with Gasteiger partial charge < -0.3 is 0 Å². The average Bonchev–Trinajstić information content (AvgIpc) is 3.11. The van der Waals surface area contributed by atoms with E-state index < -0.39 is 17.1 Å². The summed E-state index contributed by atoms with van der Waals surface area (Å²) in [6.07, 6.45) is 0. The van der Waals surface area contributed by atoms with E-state index in [2.05, 4.69) is 0 Å². The summed E-state index contributed by atoms with van der Waals surface area (Å²) >= 11 is 0. The van der Waals surface area contributed by atoms with Crippen molar-refractivity contribution >= 4 is 5.83 Å². The molecule has 0 saturated carbocycles. The first kappa shape index (κ1) is 17.6. The third-order valence-corrected chi connectivity index (χ3v) is 5.71. The molecule has 0 aromatic heterocycles. The van der Waals surface area contributed by atoms with Crippen LogP contribution in [0.4, 0.5) is 8.78 Å². The molecule has 0 aliphatic heterocycles. The molecule has 0 amide bonds. The van der Waals surface area contributed by atoms with E-state index in [-0.39, 0.29) is 5.56 Å². The number of halogens is 2. The van der Waals surface area contributed by atoms with E-state index in [4.69, 9.17) is 0 Å². The molecule has 1 aliphatic carbocycles. The van der Waals surface area contributed by atoms with Crippen LogP contribution in [0.15, 0.2) is 115 Å². The molecule has 4 aromatic rings. The minimum atomic E-state index is -1.33. The molecular formula is C27H18F2. The SMILES string of the molecule is F/C(=C(/F)C1(c2ccccc2)c2ccccc2-c2ccccc21)c1ccccc1. The van der Waals surface area contributed by atoms with Crippen LogP contribution in [0.1, 0.15) is 22.3 Å². The summed E-state index contributed by atoms with van der Waals surface area (Å²) in [5.41, 5.74) is 3.01. The lowest BCUT2D eigenvalue weighted by Gasteiger charge is -2.31. The van der Waals surface area contributed by atoms with Gasteiger partial charge in [-0.15, -0.1) is 0 Å². The normalized spacial score (nSPS) is 14.7. The highest BCUT2D eigenvalue weighted by Gasteiger charge is 2.49. The molecule has 5 rings (SSSR count). The van der Waals surface area contributed by atoms with Gasteiger partial charge in [-0.1, -0.05) is 109 Å². The minimum Gasteiger partial charge on any atom is -0.207 e. The maximum Gasteiger partial charge on any atom is 0.163 e. The van der Waals surface area contributed by atoms with Crippen molar-refractivity contribution < 1.29 is 8.78 Å². The van der Waals surface area contributed by atoms with Gasteiger partial charge in [-0.2, -0.15) is 0 Å².